The summed E-state index contributed by atoms with van der Waals surface area (Å²) >= 11 is 0. The van der Waals surface area contributed by atoms with Crippen LogP contribution in [-0.2, 0) is 4.79 Å². The minimum absolute atomic E-state index is 0.0346. The lowest BCUT2D eigenvalue weighted by Crippen LogP contribution is -2.33. The molecule has 0 aromatic rings. The molecule has 0 aromatic heterocycles. The Morgan fingerprint density at radius 2 is 1.80 bits per heavy atom. The highest BCUT2D eigenvalue weighted by Crippen LogP contribution is 2.09. The lowest BCUT2D eigenvalue weighted by atomic mass is 10.0. The number of amides is 1. The summed E-state index contributed by atoms with van der Waals surface area (Å²) in [4.78, 5) is 11.2. The van der Waals surface area contributed by atoms with E-state index in [0.717, 1.165) is 12.8 Å². The summed E-state index contributed by atoms with van der Waals surface area (Å²) in [7, 11) is 0. The monoisotopic (exact) mass is 211 g/mol. The van der Waals surface area contributed by atoms with Gasteiger partial charge in [-0.25, -0.2) is 0 Å². The van der Waals surface area contributed by atoms with Crippen molar-refractivity contribution in [3.05, 3.63) is 12.7 Å². The Morgan fingerprint density at radius 3 is 2.33 bits per heavy atom. The maximum Gasteiger partial charge on any atom is 0.243 e. The Hall–Kier alpha value is -0.790. The second kappa shape index (κ2) is 9.75. The normalized spacial score (nSPS) is 12.1. The second-order valence-corrected chi connectivity index (χ2v) is 4.05. The van der Waals surface area contributed by atoms with E-state index >= 15 is 0 Å². The zero-order chi connectivity index (χ0) is 11.5. The fourth-order valence-corrected chi connectivity index (χ4v) is 1.64. The molecule has 0 aliphatic heterocycles. The van der Waals surface area contributed by atoms with Crippen molar-refractivity contribution < 1.29 is 4.79 Å². The molecule has 0 heterocycles. The maximum absolute atomic E-state index is 11.2. The molecule has 0 fully saturated rings. The molecule has 0 spiro atoms. The predicted molar refractivity (Wildman–Crippen MR) is 65.8 cm³/mol. The first-order chi connectivity index (χ1) is 7.24. The molecule has 0 saturated heterocycles. The summed E-state index contributed by atoms with van der Waals surface area (Å²) in [5.41, 5.74) is 0. The first-order valence-corrected chi connectivity index (χ1v) is 6.17. The molecule has 0 aliphatic rings. The average Bonchev–Trinajstić information content (AvgIpc) is 2.25. The Balaban J connectivity index is 3.82. The first kappa shape index (κ1) is 14.2. The number of rotatable bonds is 9. The smallest absolute Gasteiger partial charge is 0.243 e. The van der Waals surface area contributed by atoms with Crippen molar-refractivity contribution >= 4 is 5.91 Å². The zero-order valence-electron chi connectivity index (χ0n) is 10.2. The van der Waals surface area contributed by atoms with Gasteiger partial charge in [0.05, 0.1) is 0 Å². The molecule has 0 saturated carbocycles. The van der Waals surface area contributed by atoms with Gasteiger partial charge in [-0.15, -0.1) is 0 Å². The molecule has 0 bridgehead atoms. The highest BCUT2D eigenvalue weighted by atomic mass is 16.1. The molecule has 1 N–H and O–H groups in total. The molecule has 1 amide bonds. The lowest BCUT2D eigenvalue weighted by molar-refractivity contribution is -0.117. The third kappa shape index (κ3) is 8.22. The fraction of sp³-hybridized carbons (Fsp3) is 0.769. The van der Waals surface area contributed by atoms with Gasteiger partial charge in [-0.3, -0.25) is 4.79 Å². The molecule has 1 unspecified atom stereocenters. The highest BCUT2D eigenvalue weighted by Gasteiger charge is 2.09. The van der Waals surface area contributed by atoms with E-state index in [1.165, 1.54) is 38.2 Å². The molecule has 2 nitrogen and oxygen atoms in total. The van der Waals surface area contributed by atoms with E-state index in [2.05, 4.69) is 25.7 Å². The van der Waals surface area contributed by atoms with Crippen LogP contribution in [-0.4, -0.2) is 11.9 Å². The number of carbonyl (C=O) groups is 1. The lowest BCUT2D eigenvalue weighted by Gasteiger charge is -2.17. The summed E-state index contributed by atoms with van der Waals surface area (Å²) in [5, 5.41) is 3.00. The third-order valence-corrected chi connectivity index (χ3v) is 2.59. The van der Waals surface area contributed by atoms with Crippen molar-refractivity contribution in [3.8, 4) is 0 Å². The first-order valence-electron chi connectivity index (χ1n) is 6.17. The molecule has 2 heteroatoms. The topological polar surface area (TPSA) is 29.1 Å². The van der Waals surface area contributed by atoms with Crippen molar-refractivity contribution in [2.75, 3.05) is 0 Å². The van der Waals surface area contributed by atoms with Gasteiger partial charge in [0.1, 0.15) is 0 Å². The van der Waals surface area contributed by atoms with Crippen LogP contribution in [0.15, 0.2) is 12.7 Å². The minimum Gasteiger partial charge on any atom is -0.350 e. The summed E-state index contributed by atoms with van der Waals surface area (Å²) in [6.45, 7) is 7.86. The predicted octanol–water partition coefficient (Wildman–Crippen LogP) is 3.43. The fourth-order valence-electron chi connectivity index (χ4n) is 1.64. The number of hydrogen-bond donors (Lipinski definition) is 1. The molecule has 15 heavy (non-hydrogen) atoms. The molecule has 0 radical (unpaired) electrons. The molecule has 0 rings (SSSR count). The van der Waals surface area contributed by atoms with Gasteiger partial charge < -0.3 is 5.32 Å². The number of hydrogen-bond acceptors (Lipinski definition) is 1. The van der Waals surface area contributed by atoms with Crippen LogP contribution in [0.1, 0.15) is 58.8 Å². The Bertz CT molecular complexity index is 177. The van der Waals surface area contributed by atoms with Gasteiger partial charge in [-0.1, -0.05) is 52.5 Å². The van der Waals surface area contributed by atoms with E-state index in [1.807, 2.05) is 0 Å². The molecule has 88 valence electrons. The van der Waals surface area contributed by atoms with E-state index in [9.17, 15) is 4.79 Å². The van der Waals surface area contributed by atoms with Crippen molar-refractivity contribution in [2.24, 2.45) is 0 Å². The van der Waals surface area contributed by atoms with Crippen molar-refractivity contribution in [1.82, 2.24) is 5.32 Å². The van der Waals surface area contributed by atoms with Crippen LogP contribution >= 0.6 is 0 Å². The van der Waals surface area contributed by atoms with Crippen LogP contribution in [0, 0.1) is 0 Å². The Labute approximate surface area is 94.1 Å². The van der Waals surface area contributed by atoms with Crippen LogP contribution in [0.25, 0.3) is 0 Å². The van der Waals surface area contributed by atoms with Crippen molar-refractivity contribution in [2.45, 2.75) is 64.8 Å². The van der Waals surface area contributed by atoms with Gasteiger partial charge in [0.2, 0.25) is 5.91 Å². The Morgan fingerprint density at radius 1 is 1.20 bits per heavy atom. The molecule has 0 aromatic carbocycles. The van der Waals surface area contributed by atoms with Gasteiger partial charge in [-0.05, 0) is 18.9 Å². The molecular weight excluding hydrogens is 186 g/mol. The van der Waals surface area contributed by atoms with Crippen LogP contribution in [0.2, 0.25) is 0 Å². The van der Waals surface area contributed by atoms with E-state index in [1.54, 1.807) is 0 Å². The third-order valence-electron chi connectivity index (χ3n) is 2.59. The summed E-state index contributed by atoms with van der Waals surface area (Å²) in [5.74, 6) is -0.0346. The number of unbranched alkanes of at least 4 members (excludes halogenated alkanes) is 3. The van der Waals surface area contributed by atoms with Crippen LogP contribution in [0.4, 0.5) is 0 Å². The average molecular weight is 211 g/mol. The summed E-state index contributed by atoms with van der Waals surface area (Å²) in [6.07, 6.45) is 9.64. The van der Waals surface area contributed by atoms with E-state index in [4.69, 9.17) is 0 Å². The van der Waals surface area contributed by atoms with E-state index in [0.29, 0.717) is 6.04 Å². The summed E-state index contributed by atoms with van der Waals surface area (Å²) in [6, 6.07) is 0.349. The largest absolute Gasteiger partial charge is 0.350 e. The quantitative estimate of drug-likeness (QED) is 0.459. The van der Waals surface area contributed by atoms with Gasteiger partial charge in [-0.2, -0.15) is 0 Å². The molecular formula is C13H25NO. The van der Waals surface area contributed by atoms with Gasteiger partial charge in [0, 0.05) is 6.04 Å². The van der Waals surface area contributed by atoms with E-state index in [-0.39, 0.29) is 5.91 Å². The zero-order valence-corrected chi connectivity index (χ0v) is 10.2. The van der Waals surface area contributed by atoms with Gasteiger partial charge >= 0.3 is 0 Å². The molecule has 1 atom stereocenters. The maximum atomic E-state index is 11.2. The number of carbonyl (C=O) groups excluding carboxylic acids is 1. The second-order valence-electron chi connectivity index (χ2n) is 4.05. The SMILES string of the molecule is C=CC(=O)NC(CCCC)CCCCC. The molecule has 0 aliphatic carbocycles. The van der Waals surface area contributed by atoms with Crippen molar-refractivity contribution in [1.29, 1.82) is 0 Å². The van der Waals surface area contributed by atoms with E-state index < -0.39 is 0 Å². The van der Waals surface area contributed by atoms with Crippen molar-refractivity contribution in [3.63, 3.8) is 0 Å². The summed E-state index contributed by atoms with van der Waals surface area (Å²) < 4.78 is 0. The van der Waals surface area contributed by atoms with Gasteiger partial charge in [0.15, 0.2) is 0 Å². The minimum atomic E-state index is -0.0346. The standard InChI is InChI=1S/C13H25NO/c1-4-7-9-11-12(10-8-5-2)14-13(15)6-3/h6,12H,3-5,7-11H2,1-2H3,(H,14,15). The van der Waals surface area contributed by atoms with Crippen LogP contribution in [0.3, 0.4) is 0 Å². The Kier molecular flexibility index (Phi) is 9.24. The number of nitrogens with one attached hydrogen (secondary N) is 1. The van der Waals surface area contributed by atoms with Crippen LogP contribution in [0.5, 0.6) is 0 Å². The van der Waals surface area contributed by atoms with Gasteiger partial charge in [0.25, 0.3) is 0 Å². The van der Waals surface area contributed by atoms with Crippen LogP contribution < -0.4 is 5.32 Å². The highest BCUT2D eigenvalue weighted by molar-refractivity contribution is 5.87.